The number of nitrogens with two attached hydrogens (primary N) is 1. The van der Waals surface area contributed by atoms with Gasteiger partial charge in [0.2, 0.25) is 0 Å². The van der Waals surface area contributed by atoms with E-state index in [0.29, 0.717) is 18.5 Å². The lowest BCUT2D eigenvalue weighted by Crippen LogP contribution is -2.47. The van der Waals surface area contributed by atoms with Crippen LogP contribution in [0.4, 0.5) is 0 Å². The van der Waals surface area contributed by atoms with Crippen LogP contribution in [-0.4, -0.2) is 29.9 Å². The van der Waals surface area contributed by atoms with Gasteiger partial charge < -0.3 is 10.6 Å². The number of benzene rings is 1. The minimum absolute atomic E-state index is 0.147. The lowest BCUT2D eigenvalue weighted by Gasteiger charge is -2.37. The lowest BCUT2D eigenvalue weighted by atomic mass is 9.93. The Labute approximate surface area is 115 Å². The molecule has 0 bridgehead atoms. The van der Waals surface area contributed by atoms with Crippen molar-refractivity contribution in [2.45, 2.75) is 39.2 Å². The molecule has 0 saturated carbocycles. The summed E-state index contributed by atoms with van der Waals surface area (Å²) in [6.07, 6.45) is 3.20. The first-order valence-electron chi connectivity index (χ1n) is 7.25. The number of hydrogen-bond acceptors (Lipinski definition) is 2. The molecular formula is C16H24N2O. The summed E-state index contributed by atoms with van der Waals surface area (Å²) < 4.78 is 0. The van der Waals surface area contributed by atoms with E-state index < -0.39 is 0 Å². The molecule has 0 aliphatic carbocycles. The number of piperidine rings is 1. The zero-order valence-corrected chi connectivity index (χ0v) is 11.9. The second-order valence-electron chi connectivity index (χ2n) is 5.54. The van der Waals surface area contributed by atoms with Crippen LogP contribution >= 0.6 is 0 Å². The number of amides is 1. The Kier molecular flexibility index (Phi) is 4.59. The van der Waals surface area contributed by atoms with E-state index in [4.69, 9.17) is 5.73 Å². The number of aryl methyl sites for hydroxylation is 1. The number of carbonyl (C=O) groups is 1. The van der Waals surface area contributed by atoms with Gasteiger partial charge in [0.05, 0.1) is 0 Å². The number of nitrogens with zero attached hydrogens (tertiary/aromatic N) is 1. The molecule has 1 aromatic carbocycles. The lowest BCUT2D eigenvalue weighted by molar-refractivity contribution is 0.0567. The fourth-order valence-corrected chi connectivity index (χ4v) is 2.71. The number of carbonyl (C=O) groups excluding carboxylic acids is 1. The van der Waals surface area contributed by atoms with Crippen molar-refractivity contribution in [2.75, 3.05) is 13.1 Å². The molecule has 1 aliphatic rings. The Morgan fingerprint density at radius 2 is 2.00 bits per heavy atom. The summed E-state index contributed by atoms with van der Waals surface area (Å²) in [5.41, 5.74) is 7.81. The first-order valence-corrected chi connectivity index (χ1v) is 7.25. The number of hydrogen-bond donors (Lipinski definition) is 1. The van der Waals surface area contributed by atoms with Crippen molar-refractivity contribution in [3.05, 3.63) is 35.4 Å². The van der Waals surface area contributed by atoms with Crippen LogP contribution in [0.15, 0.2) is 24.3 Å². The zero-order chi connectivity index (χ0) is 13.8. The minimum Gasteiger partial charge on any atom is -0.336 e. The fourth-order valence-electron chi connectivity index (χ4n) is 2.71. The van der Waals surface area contributed by atoms with Gasteiger partial charge in [-0.2, -0.15) is 0 Å². The number of rotatable bonds is 3. The van der Waals surface area contributed by atoms with Crippen LogP contribution in [0.3, 0.4) is 0 Å². The van der Waals surface area contributed by atoms with Crippen LogP contribution in [0, 0.1) is 5.92 Å². The van der Waals surface area contributed by atoms with E-state index >= 15 is 0 Å². The summed E-state index contributed by atoms with van der Waals surface area (Å²) in [7, 11) is 0. The third-order valence-corrected chi connectivity index (χ3v) is 4.18. The monoisotopic (exact) mass is 260 g/mol. The van der Waals surface area contributed by atoms with Gasteiger partial charge in [0.25, 0.3) is 5.91 Å². The van der Waals surface area contributed by atoms with Crippen molar-refractivity contribution in [3.8, 4) is 0 Å². The summed E-state index contributed by atoms with van der Waals surface area (Å²) in [6, 6.07) is 8.30. The largest absolute Gasteiger partial charge is 0.336 e. The van der Waals surface area contributed by atoms with Gasteiger partial charge in [-0.3, -0.25) is 4.79 Å². The SMILES string of the molecule is CCc1ccc(C(=O)N2CC(CN)CCC2C)cc1. The van der Waals surface area contributed by atoms with E-state index in [1.54, 1.807) is 0 Å². The van der Waals surface area contributed by atoms with Gasteiger partial charge in [-0.15, -0.1) is 0 Å². The van der Waals surface area contributed by atoms with Crippen molar-refractivity contribution < 1.29 is 4.79 Å². The molecule has 1 saturated heterocycles. The predicted molar refractivity (Wildman–Crippen MR) is 78.1 cm³/mol. The molecule has 1 heterocycles. The van der Waals surface area contributed by atoms with E-state index in [1.165, 1.54) is 5.56 Å². The molecule has 104 valence electrons. The van der Waals surface area contributed by atoms with Gasteiger partial charge in [0.15, 0.2) is 0 Å². The standard InChI is InChI=1S/C16H24N2O/c1-3-13-6-8-15(9-7-13)16(19)18-11-14(10-17)5-4-12(18)2/h6-9,12,14H,3-5,10-11,17H2,1-2H3. The average Bonchev–Trinajstić information content (AvgIpc) is 2.47. The molecule has 0 aromatic heterocycles. The molecule has 2 N–H and O–H groups in total. The predicted octanol–water partition coefficient (Wildman–Crippen LogP) is 2.45. The topological polar surface area (TPSA) is 46.3 Å². The molecule has 1 fully saturated rings. The van der Waals surface area contributed by atoms with Crippen molar-refractivity contribution in [3.63, 3.8) is 0 Å². The highest BCUT2D eigenvalue weighted by Crippen LogP contribution is 2.23. The van der Waals surface area contributed by atoms with Crippen molar-refractivity contribution in [2.24, 2.45) is 11.7 Å². The van der Waals surface area contributed by atoms with E-state index in [1.807, 2.05) is 29.2 Å². The third-order valence-electron chi connectivity index (χ3n) is 4.18. The molecule has 0 spiro atoms. The highest BCUT2D eigenvalue weighted by Gasteiger charge is 2.28. The van der Waals surface area contributed by atoms with Crippen LogP contribution < -0.4 is 5.73 Å². The Hall–Kier alpha value is -1.35. The molecule has 2 atom stereocenters. The molecule has 3 nitrogen and oxygen atoms in total. The Morgan fingerprint density at radius 1 is 1.32 bits per heavy atom. The van der Waals surface area contributed by atoms with E-state index in [9.17, 15) is 4.79 Å². The Balaban J connectivity index is 2.12. The second-order valence-corrected chi connectivity index (χ2v) is 5.54. The van der Waals surface area contributed by atoms with Gasteiger partial charge in [0.1, 0.15) is 0 Å². The maximum atomic E-state index is 12.6. The van der Waals surface area contributed by atoms with Gasteiger partial charge >= 0.3 is 0 Å². The summed E-state index contributed by atoms with van der Waals surface area (Å²) in [4.78, 5) is 14.5. The molecule has 2 rings (SSSR count). The average molecular weight is 260 g/mol. The van der Waals surface area contributed by atoms with Gasteiger partial charge in [-0.05, 0) is 56.3 Å². The zero-order valence-electron chi connectivity index (χ0n) is 11.9. The van der Waals surface area contributed by atoms with E-state index in [0.717, 1.165) is 31.4 Å². The molecule has 1 aromatic rings. The highest BCUT2D eigenvalue weighted by atomic mass is 16.2. The van der Waals surface area contributed by atoms with E-state index in [2.05, 4.69) is 13.8 Å². The molecule has 2 unspecified atom stereocenters. The van der Waals surface area contributed by atoms with Crippen molar-refractivity contribution in [1.82, 2.24) is 4.90 Å². The number of likely N-dealkylation sites (tertiary alicyclic amines) is 1. The van der Waals surface area contributed by atoms with Crippen molar-refractivity contribution >= 4 is 5.91 Å². The van der Waals surface area contributed by atoms with Crippen molar-refractivity contribution in [1.29, 1.82) is 0 Å². The summed E-state index contributed by atoms with van der Waals surface area (Å²) >= 11 is 0. The van der Waals surface area contributed by atoms with Crippen LogP contribution in [0.1, 0.15) is 42.6 Å². The normalized spacial score (nSPS) is 23.4. The van der Waals surface area contributed by atoms with Gasteiger partial charge in [-0.1, -0.05) is 19.1 Å². The van der Waals surface area contributed by atoms with Crippen LogP contribution in [0.2, 0.25) is 0 Å². The molecular weight excluding hydrogens is 236 g/mol. The Bertz CT molecular complexity index is 427. The third kappa shape index (κ3) is 3.16. The summed E-state index contributed by atoms with van der Waals surface area (Å²) in [5.74, 6) is 0.600. The molecule has 1 amide bonds. The maximum Gasteiger partial charge on any atom is 0.254 e. The summed E-state index contributed by atoms with van der Waals surface area (Å²) in [5, 5.41) is 0. The maximum absolute atomic E-state index is 12.6. The van der Waals surface area contributed by atoms with E-state index in [-0.39, 0.29) is 5.91 Å². The minimum atomic E-state index is 0.147. The molecule has 3 heteroatoms. The quantitative estimate of drug-likeness (QED) is 0.907. The first-order chi connectivity index (χ1) is 9.15. The highest BCUT2D eigenvalue weighted by molar-refractivity contribution is 5.94. The van der Waals surface area contributed by atoms with Crippen LogP contribution in [0.5, 0.6) is 0 Å². The molecule has 19 heavy (non-hydrogen) atoms. The van der Waals surface area contributed by atoms with Gasteiger partial charge in [0, 0.05) is 18.2 Å². The Morgan fingerprint density at radius 3 is 2.58 bits per heavy atom. The van der Waals surface area contributed by atoms with Crippen LogP contribution in [0.25, 0.3) is 0 Å². The fraction of sp³-hybridized carbons (Fsp3) is 0.562. The second kappa shape index (κ2) is 6.20. The summed E-state index contributed by atoms with van der Waals surface area (Å²) in [6.45, 7) is 5.72. The van der Waals surface area contributed by atoms with Gasteiger partial charge in [-0.25, -0.2) is 0 Å². The first kappa shape index (κ1) is 14.1. The smallest absolute Gasteiger partial charge is 0.254 e. The molecule has 0 radical (unpaired) electrons. The molecule has 1 aliphatic heterocycles. The van der Waals surface area contributed by atoms with Crippen LogP contribution in [-0.2, 0) is 6.42 Å².